The van der Waals surface area contributed by atoms with Crippen LogP contribution in [0.25, 0.3) is 0 Å². The van der Waals surface area contributed by atoms with Gasteiger partial charge in [0.15, 0.2) is 0 Å². The average Bonchev–Trinajstić information content (AvgIpc) is 3.06. The van der Waals surface area contributed by atoms with Crippen molar-refractivity contribution >= 4 is 5.78 Å². The number of allylic oxidation sites excluding steroid dienone is 3. The Hall–Kier alpha value is -0.890. The standard InChI is InChI=1S/C29H46O2/c1-18(2)8-12-24(30)19(3)21-10-11-22-20-9-13-25-27(4,5)26(31)15-17-29(25,7)23(20)14-16-28(21,22)6/h8,13,19-23,26,31H,9-12,14-17H2,1-7H3/t19-,20-,21+,22-,23-,26?,28+,29+/m0/s1. The van der Waals surface area contributed by atoms with E-state index in [1.165, 1.54) is 37.7 Å². The summed E-state index contributed by atoms with van der Waals surface area (Å²) in [5.74, 6) is 3.41. The lowest BCUT2D eigenvalue weighted by atomic mass is 9.44. The maximum absolute atomic E-state index is 13.0. The van der Waals surface area contributed by atoms with Crippen LogP contribution < -0.4 is 0 Å². The smallest absolute Gasteiger partial charge is 0.139 e. The van der Waals surface area contributed by atoms with Crippen LogP contribution in [-0.4, -0.2) is 17.0 Å². The maximum Gasteiger partial charge on any atom is 0.139 e. The monoisotopic (exact) mass is 426 g/mol. The average molecular weight is 427 g/mol. The van der Waals surface area contributed by atoms with Crippen LogP contribution in [0.1, 0.15) is 99.8 Å². The molecule has 3 saturated carbocycles. The van der Waals surface area contributed by atoms with Crippen LogP contribution in [0.3, 0.4) is 0 Å². The summed E-state index contributed by atoms with van der Waals surface area (Å²) in [6.45, 7) is 16.0. The Kier molecular flexibility index (Phi) is 5.90. The van der Waals surface area contributed by atoms with Crippen molar-refractivity contribution in [2.45, 2.75) is 106 Å². The number of rotatable bonds is 4. The Balaban J connectivity index is 1.58. The Labute approximate surface area is 191 Å². The highest BCUT2D eigenvalue weighted by atomic mass is 16.3. The van der Waals surface area contributed by atoms with Crippen LogP contribution in [0, 0.1) is 45.8 Å². The summed E-state index contributed by atoms with van der Waals surface area (Å²) in [5, 5.41) is 10.7. The Morgan fingerprint density at radius 2 is 1.81 bits per heavy atom. The van der Waals surface area contributed by atoms with Crippen molar-refractivity contribution in [1.82, 2.24) is 0 Å². The molecule has 2 nitrogen and oxygen atoms in total. The Morgan fingerprint density at radius 3 is 2.48 bits per heavy atom. The molecular weight excluding hydrogens is 380 g/mol. The molecule has 0 aromatic carbocycles. The van der Waals surface area contributed by atoms with Gasteiger partial charge in [-0.25, -0.2) is 0 Å². The molecule has 0 amide bonds. The molecule has 3 fully saturated rings. The second-order valence-electron chi connectivity index (χ2n) is 12.9. The number of ketones is 1. The van der Waals surface area contributed by atoms with Crippen LogP contribution >= 0.6 is 0 Å². The van der Waals surface area contributed by atoms with Gasteiger partial charge in [0.2, 0.25) is 0 Å². The fraction of sp³-hybridized carbons (Fsp3) is 0.828. The summed E-state index contributed by atoms with van der Waals surface area (Å²) in [5.41, 5.74) is 3.25. The number of aliphatic hydroxyl groups excluding tert-OH is 1. The largest absolute Gasteiger partial charge is 0.392 e. The van der Waals surface area contributed by atoms with E-state index >= 15 is 0 Å². The van der Waals surface area contributed by atoms with Crippen molar-refractivity contribution in [3.8, 4) is 0 Å². The maximum atomic E-state index is 13.0. The topological polar surface area (TPSA) is 37.3 Å². The molecule has 8 atom stereocenters. The fourth-order valence-electron chi connectivity index (χ4n) is 8.97. The molecule has 0 aromatic heterocycles. The molecule has 0 aliphatic heterocycles. The highest BCUT2D eigenvalue weighted by Gasteiger charge is 2.61. The quantitative estimate of drug-likeness (QED) is 0.486. The highest BCUT2D eigenvalue weighted by molar-refractivity contribution is 5.82. The van der Waals surface area contributed by atoms with Crippen molar-refractivity contribution < 1.29 is 9.90 Å². The van der Waals surface area contributed by atoms with E-state index < -0.39 is 0 Å². The highest BCUT2D eigenvalue weighted by Crippen LogP contribution is 2.68. The first-order chi connectivity index (χ1) is 14.4. The van der Waals surface area contributed by atoms with Crippen LogP contribution in [0.5, 0.6) is 0 Å². The number of aliphatic hydroxyl groups is 1. The Morgan fingerprint density at radius 1 is 1.10 bits per heavy atom. The number of hydrogen-bond donors (Lipinski definition) is 1. The van der Waals surface area contributed by atoms with Crippen molar-refractivity contribution in [2.75, 3.05) is 0 Å². The molecule has 4 aliphatic rings. The molecule has 0 radical (unpaired) electrons. The van der Waals surface area contributed by atoms with E-state index in [1.54, 1.807) is 5.57 Å². The minimum atomic E-state index is -0.208. The van der Waals surface area contributed by atoms with Crippen molar-refractivity contribution in [3.05, 3.63) is 23.3 Å². The minimum Gasteiger partial charge on any atom is -0.392 e. The summed E-state index contributed by atoms with van der Waals surface area (Å²) >= 11 is 0. The van der Waals surface area contributed by atoms with Gasteiger partial charge in [-0.15, -0.1) is 0 Å². The molecule has 0 aromatic rings. The molecule has 0 spiro atoms. The van der Waals surface area contributed by atoms with Gasteiger partial charge in [0.25, 0.3) is 0 Å². The molecule has 31 heavy (non-hydrogen) atoms. The zero-order valence-electron chi connectivity index (χ0n) is 21.1. The van der Waals surface area contributed by atoms with E-state index in [9.17, 15) is 9.90 Å². The summed E-state index contributed by atoms with van der Waals surface area (Å²) in [6, 6.07) is 0. The van der Waals surface area contributed by atoms with Gasteiger partial charge in [-0.2, -0.15) is 0 Å². The third-order valence-corrected chi connectivity index (χ3v) is 10.8. The third-order valence-electron chi connectivity index (χ3n) is 10.8. The van der Waals surface area contributed by atoms with E-state index in [0.29, 0.717) is 23.5 Å². The molecule has 174 valence electrons. The van der Waals surface area contributed by atoms with Gasteiger partial charge >= 0.3 is 0 Å². The molecule has 1 unspecified atom stereocenters. The molecule has 4 aliphatic carbocycles. The van der Waals surface area contributed by atoms with Gasteiger partial charge in [0.1, 0.15) is 5.78 Å². The molecule has 0 saturated heterocycles. The molecule has 0 bridgehead atoms. The number of fused-ring (bicyclic) bond motifs is 5. The van der Waals surface area contributed by atoms with Gasteiger partial charge in [0, 0.05) is 17.8 Å². The second-order valence-corrected chi connectivity index (χ2v) is 12.9. The lowest BCUT2D eigenvalue weighted by Crippen LogP contribution is -2.54. The van der Waals surface area contributed by atoms with Gasteiger partial charge in [0.05, 0.1) is 6.10 Å². The first kappa shape index (κ1) is 23.3. The molecule has 2 heteroatoms. The van der Waals surface area contributed by atoms with Crippen LogP contribution in [0.2, 0.25) is 0 Å². The van der Waals surface area contributed by atoms with Crippen LogP contribution in [0.4, 0.5) is 0 Å². The SMILES string of the molecule is CC(C)=CCC(=O)[C@@H](C)[C@H]1CC[C@H]2[C@@H]3CC=C4C(C)(C)C(O)CC[C@]4(C)[C@H]3CC[C@]12C. The zero-order chi connectivity index (χ0) is 22.8. The van der Waals surface area contributed by atoms with Crippen LogP contribution in [-0.2, 0) is 4.79 Å². The van der Waals surface area contributed by atoms with Crippen molar-refractivity contribution in [1.29, 1.82) is 0 Å². The van der Waals surface area contributed by atoms with E-state index in [-0.39, 0.29) is 22.9 Å². The predicted molar refractivity (Wildman–Crippen MR) is 129 cm³/mol. The Bertz CT molecular complexity index is 785. The first-order valence-electron chi connectivity index (χ1n) is 13.0. The molecule has 4 rings (SSSR count). The second kappa shape index (κ2) is 7.86. The minimum absolute atomic E-state index is 0.0945. The number of carbonyl (C=O) groups excluding carboxylic acids is 1. The lowest BCUT2D eigenvalue weighted by Gasteiger charge is -2.61. The molecule has 1 N–H and O–H groups in total. The molecular formula is C29H46O2. The summed E-state index contributed by atoms with van der Waals surface area (Å²) < 4.78 is 0. The fourth-order valence-corrected chi connectivity index (χ4v) is 8.97. The lowest BCUT2D eigenvalue weighted by molar-refractivity contribution is -0.126. The van der Waals surface area contributed by atoms with Gasteiger partial charge < -0.3 is 5.11 Å². The van der Waals surface area contributed by atoms with Gasteiger partial charge in [-0.05, 0) is 93.3 Å². The van der Waals surface area contributed by atoms with Gasteiger partial charge in [-0.3, -0.25) is 4.79 Å². The number of hydrogen-bond acceptors (Lipinski definition) is 2. The number of Topliss-reactive ketones (excluding diaryl/α,β-unsaturated/α-hetero) is 1. The zero-order valence-corrected chi connectivity index (χ0v) is 21.1. The number of carbonyl (C=O) groups is 1. The van der Waals surface area contributed by atoms with Gasteiger partial charge in [-0.1, -0.05) is 57.9 Å². The van der Waals surface area contributed by atoms with E-state index in [0.717, 1.165) is 30.6 Å². The third kappa shape index (κ3) is 3.51. The van der Waals surface area contributed by atoms with Crippen LogP contribution in [0.15, 0.2) is 23.3 Å². The van der Waals surface area contributed by atoms with E-state index in [1.807, 2.05) is 0 Å². The first-order valence-corrected chi connectivity index (χ1v) is 13.0. The van der Waals surface area contributed by atoms with Crippen molar-refractivity contribution in [3.63, 3.8) is 0 Å². The summed E-state index contributed by atoms with van der Waals surface area (Å²) in [7, 11) is 0. The summed E-state index contributed by atoms with van der Waals surface area (Å²) in [6.07, 6.45) is 13.4. The van der Waals surface area contributed by atoms with E-state index in [2.05, 4.69) is 60.6 Å². The van der Waals surface area contributed by atoms with Crippen molar-refractivity contribution in [2.24, 2.45) is 45.8 Å². The normalized spacial score (nSPS) is 44.4. The predicted octanol–water partition coefficient (Wildman–Crippen LogP) is 7.12. The van der Waals surface area contributed by atoms with E-state index in [4.69, 9.17) is 0 Å². The summed E-state index contributed by atoms with van der Waals surface area (Å²) in [4.78, 5) is 13.0. The molecule has 0 heterocycles.